The molecule has 0 saturated carbocycles. The number of piperidine rings is 1. The zero-order valence-electron chi connectivity index (χ0n) is 15.5. The molecule has 140 valence electrons. The maximum atomic E-state index is 13.1. The summed E-state index contributed by atoms with van der Waals surface area (Å²) in [6.45, 7) is 4.09. The molecule has 0 N–H and O–H groups in total. The second-order valence-corrected chi connectivity index (χ2v) is 8.34. The van der Waals surface area contributed by atoms with Gasteiger partial charge in [0.15, 0.2) is 0 Å². The molecule has 2 aliphatic heterocycles. The van der Waals surface area contributed by atoms with Crippen LogP contribution in [0.4, 0.5) is 5.69 Å². The Kier molecular flexibility index (Phi) is 5.02. The Labute approximate surface area is 170 Å². The van der Waals surface area contributed by atoms with Crippen LogP contribution in [0.1, 0.15) is 29.0 Å². The summed E-state index contributed by atoms with van der Waals surface area (Å²) in [5.41, 5.74) is 4.36. The molecule has 2 heterocycles. The molecule has 1 saturated heterocycles. The molecule has 0 unspecified atom stereocenters. The third kappa shape index (κ3) is 3.52. The molecular formula is C22H22Cl2N2O. The molecule has 4 rings (SSSR count). The Bertz CT molecular complexity index is 925. The molecule has 0 bridgehead atoms. The molecule has 2 atom stereocenters. The van der Waals surface area contributed by atoms with Crippen LogP contribution < -0.4 is 4.90 Å². The third-order valence-corrected chi connectivity index (χ3v) is 6.12. The van der Waals surface area contributed by atoms with E-state index in [-0.39, 0.29) is 11.9 Å². The second-order valence-electron chi connectivity index (χ2n) is 7.49. The van der Waals surface area contributed by atoms with Crippen molar-refractivity contribution in [3.63, 3.8) is 0 Å². The zero-order chi connectivity index (χ0) is 19.1. The van der Waals surface area contributed by atoms with E-state index in [9.17, 15) is 4.79 Å². The second kappa shape index (κ2) is 7.31. The highest BCUT2D eigenvalue weighted by molar-refractivity contribution is 6.35. The zero-order valence-corrected chi connectivity index (χ0v) is 17.0. The van der Waals surface area contributed by atoms with Gasteiger partial charge < -0.3 is 9.80 Å². The molecular weight excluding hydrogens is 379 g/mol. The summed E-state index contributed by atoms with van der Waals surface area (Å²) in [7, 11) is 2.15. The van der Waals surface area contributed by atoms with Crippen molar-refractivity contribution in [2.75, 3.05) is 25.0 Å². The van der Waals surface area contributed by atoms with Crippen molar-refractivity contribution in [2.45, 2.75) is 25.3 Å². The standard InChI is InChI=1S/C22H22Cl2N2O/c1-14-3-7-20-17(11-14)18-13-25(2)10-9-21(18)26(20)22(27)8-5-15-4-6-16(23)12-19(15)24/h3-8,11-12,18,21H,9-10,13H2,1-2H3/b8-5+/t18-,21+/m1/s1. The summed E-state index contributed by atoms with van der Waals surface area (Å²) in [6.07, 6.45) is 4.38. The first-order valence-electron chi connectivity index (χ1n) is 9.19. The number of benzene rings is 2. The number of halogens is 2. The van der Waals surface area contributed by atoms with E-state index in [0.29, 0.717) is 16.0 Å². The van der Waals surface area contributed by atoms with Gasteiger partial charge >= 0.3 is 0 Å². The van der Waals surface area contributed by atoms with Crippen LogP contribution in [-0.4, -0.2) is 37.0 Å². The Morgan fingerprint density at radius 2 is 2.00 bits per heavy atom. The number of carbonyl (C=O) groups is 1. The maximum Gasteiger partial charge on any atom is 0.251 e. The number of anilines is 1. The monoisotopic (exact) mass is 400 g/mol. The van der Waals surface area contributed by atoms with Gasteiger partial charge in [0, 0.05) is 40.3 Å². The maximum absolute atomic E-state index is 13.1. The number of fused-ring (bicyclic) bond motifs is 3. The molecule has 1 fully saturated rings. The molecule has 0 aromatic heterocycles. The van der Waals surface area contributed by atoms with Gasteiger partial charge in [-0.2, -0.15) is 0 Å². The summed E-state index contributed by atoms with van der Waals surface area (Å²) in [5, 5.41) is 1.13. The minimum absolute atomic E-state index is 0.00294. The van der Waals surface area contributed by atoms with Crippen LogP contribution in [0.2, 0.25) is 10.0 Å². The lowest BCUT2D eigenvalue weighted by atomic mass is 9.89. The Hall–Kier alpha value is -1.81. The van der Waals surface area contributed by atoms with E-state index < -0.39 is 0 Å². The molecule has 0 spiro atoms. The van der Waals surface area contributed by atoms with Gasteiger partial charge in [-0.3, -0.25) is 4.79 Å². The molecule has 2 aromatic carbocycles. The third-order valence-electron chi connectivity index (χ3n) is 5.56. The number of hydrogen-bond donors (Lipinski definition) is 0. The first-order valence-corrected chi connectivity index (χ1v) is 9.95. The van der Waals surface area contributed by atoms with Crippen LogP contribution in [0.3, 0.4) is 0 Å². The quantitative estimate of drug-likeness (QED) is 0.650. The lowest BCUT2D eigenvalue weighted by Crippen LogP contribution is -2.46. The lowest BCUT2D eigenvalue weighted by Gasteiger charge is -2.36. The van der Waals surface area contributed by atoms with Gasteiger partial charge in [0.05, 0.1) is 0 Å². The van der Waals surface area contributed by atoms with Crippen molar-refractivity contribution in [3.05, 3.63) is 69.2 Å². The Morgan fingerprint density at radius 1 is 1.19 bits per heavy atom. The molecule has 27 heavy (non-hydrogen) atoms. The number of amides is 1. The average Bonchev–Trinajstić information content (AvgIpc) is 2.94. The SMILES string of the molecule is Cc1ccc2c(c1)[C@H]1CN(C)CC[C@@H]1N2C(=O)/C=C/c1ccc(Cl)cc1Cl. The van der Waals surface area contributed by atoms with Gasteiger partial charge in [0.2, 0.25) is 0 Å². The molecule has 2 aromatic rings. The Morgan fingerprint density at radius 3 is 2.78 bits per heavy atom. The number of likely N-dealkylation sites (N-methyl/N-ethyl adjacent to an activating group) is 1. The minimum atomic E-state index is 0.00294. The highest BCUT2D eigenvalue weighted by atomic mass is 35.5. The van der Waals surface area contributed by atoms with Gasteiger partial charge in [-0.15, -0.1) is 0 Å². The molecule has 1 amide bonds. The van der Waals surface area contributed by atoms with Crippen LogP contribution in [0.15, 0.2) is 42.5 Å². The summed E-state index contributed by atoms with van der Waals surface area (Å²) in [4.78, 5) is 17.5. The van der Waals surface area contributed by atoms with E-state index in [4.69, 9.17) is 23.2 Å². The molecule has 0 aliphatic carbocycles. The van der Waals surface area contributed by atoms with E-state index >= 15 is 0 Å². The summed E-state index contributed by atoms with van der Waals surface area (Å²) >= 11 is 12.2. The topological polar surface area (TPSA) is 23.6 Å². The van der Waals surface area contributed by atoms with Gasteiger partial charge in [-0.1, -0.05) is 47.0 Å². The lowest BCUT2D eigenvalue weighted by molar-refractivity contribution is -0.114. The van der Waals surface area contributed by atoms with E-state index in [2.05, 4.69) is 37.1 Å². The van der Waals surface area contributed by atoms with Gasteiger partial charge in [0.1, 0.15) is 0 Å². The highest BCUT2D eigenvalue weighted by Crippen LogP contribution is 2.45. The van der Waals surface area contributed by atoms with Crippen LogP contribution >= 0.6 is 23.2 Å². The van der Waals surface area contributed by atoms with Crippen LogP contribution in [0, 0.1) is 6.92 Å². The number of hydrogen-bond acceptors (Lipinski definition) is 2. The van der Waals surface area contributed by atoms with Crippen molar-refractivity contribution >= 4 is 40.9 Å². The number of likely N-dealkylation sites (tertiary alicyclic amines) is 1. The highest BCUT2D eigenvalue weighted by Gasteiger charge is 2.43. The number of aryl methyl sites for hydroxylation is 1. The van der Waals surface area contributed by atoms with Crippen molar-refractivity contribution in [3.8, 4) is 0 Å². The first kappa shape index (κ1) is 18.5. The first-order chi connectivity index (χ1) is 12.9. The number of carbonyl (C=O) groups excluding carboxylic acids is 1. The summed E-state index contributed by atoms with van der Waals surface area (Å²) in [5.74, 6) is 0.373. The van der Waals surface area contributed by atoms with E-state index in [0.717, 1.165) is 30.8 Å². The summed E-state index contributed by atoms with van der Waals surface area (Å²) in [6, 6.07) is 11.9. The predicted octanol–water partition coefficient (Wildman–Crippen LogP) is 5.15. The van der Waals surface area contributed by atoms with Crippen LogP contribution in [0.25, 0.3) is 6.08 Å². The van der Waals surface area contributed by atoms with Gasteiger partial charge in [-0.05, 0) is 62.3 Å². The fraction of sp³-hybridized carbons (Fsp3) is 0.318. The van der Waals surface area contributed by atoms with Crippen molar-refractivity contribution < 1.29 is 4.79 Å². The molecule has 0 radical (unpaired) electrons. The molecule has 2 aliphatic rings. The number of rotatable bonds is 2. The van der Waals surface area contributed by atoms with E-state index in [1.54, 1.807) is 24.3 Å². The van der Waals surface area contributed by atoms with Crippen molar-refractivity contribution in [2.24, 2.45) is 0 Å². The summed E-state index contributed by atoms with van der Waals surface area (Å²) < 4.78 is 0. The van der Waals surface area contributed by atoms with Crippen molar-refractivity contribution in [1.29, 1.82) is 0 Å². The van der Waals surface area contributed by atoms with Gasteiger partial charge in [0.25, 0.3) is 5.91 Å². The fourth-order valence-electron chi connectivity index (χ4n) is 4.25. The fourth-order valence-corrected chi connectivity index (χ4v) is 4.72. The Balaban J connectivity index is 1.66. The predicted molar refractivity (Wildman–Crippen MR) is 113 cm³/mol. The van der Waals surface area contributed by atoms with E-state index in [1.165, 1.54) is 11.1 Å². The van der Waals surface area contributed by atoms with Crippen molar-refractivity contribution in [1.82, 2.24) is 4.90 Å². The minimum Gasteiger partial charge on any atom is -0.306 e. The normalized spacial score (nSPS) is 22.1. The van der Waals surface area contributed by atoms with Crippen LogP contribution in [-0.2, 0) is 4.79 Å². The van der Waals surface area contributed by atoms with Crippen LogP contribution in [0.5, 0.6) is 0 Å². The largest absolute Gasteiger partial charge is 0.306 e. The smallest absolute Gasteiger partial charge is 0.251 e. The molecule has 3 nitrogen and oxygen atoms in total. The number of nitrogens with zero attached hydrogens (tertiary/aromatic N) is 2. The van der Waals surface area contributed by atoms with Gasteiger partial charge in [-0.25, -0.2) is 0 Å². The van der Waals surface area contributed by atoms with E-state index in [1.807, 2.05) is 11.0 Å². The molecule has 5 heteroatoms. The average molecular weight is 401 g/mol.